The molecule has 0 saturated carbocycles. The Morgan fingerprint density at radius 3 is 2.66 bits per heavy atom. The lowest BCUT2D eigenvalue weighted by Crippen LogP contribution is -2.36. The smallest absolute Gasteiger partial charge is 0.283 e. The van der Waals surface area contributed by atoms with Crippen molar-refractivity contribution in [2.45, 2.75) is 52.5 Å². The van der Waals surface area contributed by atoms with Crippen LogP contribution in [-0.2, 0) is 4.79 Å². The van der Waals surface area contributed by atoms with Crippen molar-refractivity contribution in [1.82, 2.24) is 10.2 Å². The van der Waals surface area contributed by atoms with Gasteiger partial charge in [0.15, 0.2) is 5.78 Å². The van der Waals surface area contributed by atoms with Gasteiger partial charge in [0.05, 0.1) is 29.9 Å². The van der Waals surface area contributed by atoms with Gasteiger partial charge in [-0.3, -0.25) is 14.5 Å². The molecule has 0 saturated heterocycles. The molecule has 1 atom stereocenters. The Balaban J connectivity index is 2.38. The SMILES string of the molecule is CC/C=C1/NC2=C(C(=O)CC(C)(C)C2)C(c2ccc(Cl)cc2Cl)N(C(=O)S)/C1=C/CC#N. The molecule has 1 aliphatic heterocycles. The lowest BCUT2D eigenvalue weighted by Gasteiger charge is -2.36. The summed E-state index contributed by atoms with van der Waals surface area (Å²) in [5, 5.41) is 12.9. The van der Waals surface area contributed by atoms with Crippen LogP contribution in [0.25, 0.3) is 0 Å². The lowest BCUT2D eigenvalue weighted by atomic mass is 9.73. The highest BCUT2D eigenvalue weighted by atomic mass is 35.5. The van der Waals surface area contributed by atoms with Crippen molar-refractivity contribution in [3.05, 3.63) is 68.6 Å². The van der Waals surface area contributed by atoms with E-state index in [2.05, 4.69) is 24.0 Å². The molecule has 1 amide bonds. The Labute approximate surface area is 204 Å². The molecule has 1 aliphatic carbocycles. The maximum absolute atomic E-state index is 13.5. The van der Waals surface area contributed by atoms with Crippen LogP contribution in [0.2, 0.25) is 10.0 Å². The van der Waals surface area contributed by atoms with Gasteiger partial charge in [0.2, 0.25) is 0 Å². The van der Waals surface area contributed by atoms with Crippen molar-refractivity contribution in [2.75, 3.05) is 0 Å². The van der Waals surface area contributed by atoms with Gasteiger partial charge in [0, 0.05) is 27.7 Å². The van der Waals surface area contributed by atoms with Crippen molar-refractivity contribution >= 4 is 46.9 Å². The first kappa shape index (κ1) is 24.4. The average molecular weight is 490 g/mol. The highest BCUT2D eigenvalue weighted by Crippen LogP contribution is 2.47. The maximum atomic E-state index is 13.5. The number of rotatable bonds is 3. The zero-order valence-corrected chi connectivity index (χ0v) is 20.6. The molecule has 0 fully saturated rings. The summed E-state index contributed by atoms with van der Waals surface area (Å²) in [6.07, 6.45) is 5.35. The van der Waals surface area contributed by atoms with Gasteiger partial charge in [0.25, 0.3) is 5.24 Å². The molecule has 1 aromatic carbocycles. The standard InChI is InChI=1S/C24H25Cl2N3O2S/c1-4-6-17-19(7-5-10-27)29(23(31)32)22(15-9-8-14(25)11-16(15)26)21-18(28-17)12-24(2,3)13-20(21)30/h6-9,11,22,28H,4-5,12-13H2,1-3H3,(H,31,32)/b17-6+,19-7+. The molecule has 0 radical (unpaired) electrons. The van der Waals surface area contributed by atoms with Gasteiger partial charge in [0.1, 0.15) is 0 Å². The lowest BCUT2D eigenvalue weighted by molar-refractivity contribution is -0.118. The molecule has 168 valence electrons. The Bertz CT molecular complexity index is 1100. The number of allylic oxidation sites excluding steroid dienone is 3. The maximum Gasteiger partial charge on any atom is 0.283 e. The zero-order chi connectivity index (χ0) is 23.6. The van der Waals surface area contributed by atoms with Crippen LogP contribution in [0.4, 0.5) is 4.79 Å². The number of hydrogen-bond donors (Lipinski definition) is 2. The Kier molecular flexibility index (Phi) is 7.44. The van der Waals surface area contributed by atoms with Crippen LogP contribution in [0, 0.1) is 16.7 Å². The summed E-state index contributed by atoms with van der Waals surface area (Å²) in [4.78, 5) is 27.9. The number of benzene rings is 1. The summed E-state index contributed by atoms with van der Waals surface area (Å²) < 4.78 is 0. The number of carbonyl (C=O) groups excluding carboxylic acids is 2. The molecule has 32 heavy (non-hydrogen) atoms. The Hall–Kier alpha value is -2.20. The van der Waals surface area contributed by atoms with Crippen LogP contribution in [0.15, 0.2) is 53.0 Å². The van der Waals surface area contributed by atoms with Crippen molar-refractivity contribution in [2.24, 2.45) is 5.41 Å². The van der Waals surface area contributed by atoms with Gasteiger partial charge in [-0.15, -0.1) is 0 Å². The molecule has 3 rings (SSSR count). The van der Waals surface area contributed by atoms with Gasteiger partial charge < -0.3 is 5.32 Å². The predicted molar refractivity (Wildman–Crippen MR) is 130 cm³/mol. The Morgan fingerprint density at radius 1 is 1.34 bits per heavy atom. The van der Waals surface area contributed by atoms with Crippen molar-refractivity contribution in [3.8, 4) is 6.07 Å². The van der Waals surface area contributed by atoms with Crippen molar-refractivity contribution in [1.29, 1.82) is 5.26 Å². The summed E-state index contributed by atoms with van der Waals surface area (Å²) in [5.41, 5.74) is 2.72. The second kappa shape index (κ2) is 9.74. The summed E-state index contributed by atoms with van der Waals surface area (Å²) in [7, 11) is 0. The van der Waals surface area contributed by atoms with Crippen LogP contribution in [0.1, 0.15) is 58.1 Å². The fourth-order valence-electron chi connectivity index (χ4n) is 4.33. The van der Waals surface area contributed by atoms with Gasteiger partial charge >= 0.3 is 0 Å². The molecule has 1 unspecified atom stereocenters. The van der Waals surface area contributed by atoms with E-state index in [4.69, 9.17) is 23.2 Å². The van der Waals surface area contributed by atoms with Gasteiger partial charge in [-0.05, 0) is 42.0 Å². The topological polar surface area (TPSA) is 73.2 Å². The molecule has 0 aromatic heterocycles. The number of ketones is 1. The normalized spacial score (nSPS) is 23.0. The van der Waals surface area contributed by atoms with E-state index in [-0.39, 0.29) is 17.6 Å². The fraction of sp³-hybridized carbons (Fsp3) is 0.375. The fourth-order valence-corrected chi connectivity index (χ4v) is 5.06. The van der Waals surface area contributed by atoms with Crippen molar-refractivity contribution in [3.63, 3.8) is 0 Å². The number of nitrogens with zero attached hydrogens (tertiary/aromatic N) is 2. The minimum absolute atomic E-state index is 0.0586. The second-order valence-corrected chi connectivity index (χ2v) is 9.88. The largest absolute Gasteiger partial charge is 0.357 e. The third kappa shape index (κ3) is 4.91. The molecular formula is C24H25Cl2N3O2S. The van der Waals surface area contributed by atoms with E-state index in [1.165, 1.54) is 4.90 Å². The number of thiol groups is 1. The molecule has 0 bridgehead atoms. The molecule has 1 heterocycles. The number of nitriles is 1. The van der Waals surface area contributed by atoms with Gasteiger partial charge in [-0.1, -0.05) is 68.7 Å². The van der Waals surface area contributed by atoms with Crippen LogP contribution >= 0.6 is 35.8 Å². The first-order valence-electron chi connectivity index (χ1n) is 10.4. The third-order valence-electron chi connectivity index (χ3n) is 5.53. The third-order valence-corrected chi connectivity index (χ3v) is 6.31. The average Bonchev–Trinajstić information content (AvgIpc) is 2.80. The minimum atomic E-state index is -0.802. The zero-order valence-electron chi connectivity index (χ0n) is 18.2. The number of carbonyl (C=O) groups is 2. The summed E-state index contributed by atoms with van der Waals surface area (Å²) >= 11 is 16.9. The van der Waals surface area contributed by atoms with Gasteiger partial charge in [-0.25, -0.2) is 0 Å². The van der Waals surface area contributed by atoms with E-state index in [1.807, 2.05) is 26.8 Å². The number of amides is 1. The summed E-state index contributed by atoms with van der Waals surface area (Å²) in [5.74, 6) is -0.0586. The second-order valence-electron chi connectivity index (χ2n) is 8.66. The number of Topliss-reactive ketones (excluding diaryl/α,β-unsaturated/α-hetero) is 1. The molecule has 8 heteroatoms. The predicted octanol–water partition coefficient (Wildman–Crippen LogP) is 6.72. The van der Waals surface area contributed by atoms with E-state index in [9.17, 15) is 14.9 Å². The van der Waals surface area contributed by atoms with E-state index in [0.29, 0.717) is 51.8 Å². The molecule has 2 aliphatic rings. The number of halogens is 2. The van der Waals surface area contributed by atoms with E-state index in [0.717, 1.165) is 5.70 Å². The first-order chi connectivity index (χ1) is 15.1. The van der Waals surface area contributed by atoms with E-state index < -0.39 is 11.3 Å². The van der Waals surface area contributed by atoms with E-state index >= 15 is 0 Å². The van der Waals surface area contributed by atoms with Crippen LogP contribution in [0.3, 0.4) is 0 Å². The molecule has 1 aromatic rings. The molecule has 1 N–H and O–H groups in total. The Morgan fingerprint density at radius 2 is 2.06 bits per heavy atom. The van der Waals surface area contributed by atoms with Crippen LogP contribution in [0.5, 0.6) is 0 Å². The van der Waals surface area contributed by atoms with Crippen molar-refractivity contribution < 1.29 is 9.59 Å². The molecule has 0 spiro atoms. The molecule has 5 nitrogen and oxygen atoms in total. The van der Waals surface area contributed by atoms with Crippen LogP contribution < -0.4 is 5.32 Å². The number of nitrogens with one attached hydrogen (secondary N) is 1. The quantitative estimate of drug-likeness (QED) is 0.461. The van der Waals surface area contributed by atoms with E-state index in [1.54, 1.807) is 24.3 Å². The first-order valence-corrected chi connectivity index (χ1v) is 11.6. The highest BCUT2D eigenvalue weighted by Gasteiger charge is 2.44. The summed E-state index contributed by atoms with van der Waals surface area (Å²) in [6.45, 7) is 6.07. The minimum Gasteiger partial charge on any atom is -0.357 e. The van der Waals surface area contributed by atoms with Gasteiger partial charge in [-0.2, -0.15) is 5.26 Å². The van der Waals surface area contributed by atoms with Crippen LogP contribution in [-0.4, -0.2) is 15.9 Å². The summed E-state index contributed by atoms with van der Waals surface area (Å²) in [6, 6.07) is 6.30. The molecular weight excluding hydrogens is 465 g/mol. The monoisotopic (exact) mass is 489 g/mol. The number of hydrogen-bond acceptors (Lipinski definition) is 4. The highest BCUT2D eigenvalue weighted by molar-refractivity contribution is 7.96.